The van der Waals surface area contributed by atoms with Crippen molar-refractivity contribution in [3.8, 4) is 11.5 Å². The van der Waals surface area contributed by atoms with Crippen molar-refractivity contribution >= 4 is 19.9 Å². The molecule has 1 aromatic carbocycles. The molecular formula is C24H38N2O6Si. The number of nitro groups is 1. The van der Waals surface area contributed by atoms with Gasteiger partial charge in [0, 0.05) is 12.6 Å². The number of likely N-dealkylation sites (tertiary alicyclic amines) is 1. The highest BCUT2D eigenvalue weighted by atomic mass is 28.4. The Bertz CT molecular complexity index is 877. The van der Waals surface area contributed by atoms with E-state index in [-0.39, 0.29) is 34.5 Å². The molecule has 0 saturated carbocycles. The maximum Gasteiger partial charge on any atom is 0.286 e. The summed E-state index contributed by atoms with van der Waals surface area (Å²) in [5.74, 6) is 0.0946. The average Bonchev–Trinajstić information content (AvgIpc) is 2.75. The van der Waals surface area contributed by atoms with Crippen LogP contribution in [0.2, 0.25) is 16.6 Å². The summed E-state index contributed by atoms with van der Waals surface area (Å²) in [6.07, 6.45) is 1.07. The van der Waals surface area contributed by atoms with Gasteiger partial charge < -0.3 is 19.2 Å². The van der Waals surface area contributed by atoms with E-state index in [1.165, 1.54) is 24.1 Å². The minimum atomic E-state index is -2.42. The van der Waals surface area contributed by atoms with Crippen molar-refractivity contribution in [3.05, 3.63) is 40.0 Å². The van der Waals surface area contributed by atoms with Crippen LogP contribution in [0, 0.1) is 10.1 Å². The van der Waals surface area contributed by atoms with Gasteiger partial charge in [-0.15, -0.1) is 0 Å². The van der Waals surface area contributed by atoms with Crippen LogP contribution in [-0.4, -0.2) is 55.5 Å². The summed E-state index contributed by atoms with van der Waals surface area (Å²) in [4.78, 5) is 26.3. The smallest absolute Gasteiger partial charge is 0.286 e. The first-order valence-corrected chi connectivity index (χ1v) is 13.7. The molecule has 1 aliphatic heterocycles. The highest BCUT2D eigenvalue weighted by molar-refractivity contribution is 6.78. The van der Waals surface area contributed by atoms with E-state index < -0.39 is 25.2 Å². The first-order chi connectivity index (χ1) is 15.4. The monoisotopic (exact) mass is 478 g/mol. The fourth-order valence-corrected chi connectivity index (χ4v) is 10.5. The zero-order valence-electron chi connectivity index (χ0n) is 20.9. The standard InChI is InChI=1S/C24H38N2O6Si/c1-15(2)33(16(3)4,17(5)6)32-23-13-21(26(29)30)20(12-22(23)31-8)24(28)25-10-9-18(7)11-19(25)14-27/h12-13,15-17,19,27H,7,9-11,14H2,1-6,8H3/t19-/m0/s1. The van der Waals surface area contributed by atoms with Gasteiger partial charge in [-0.25, -0.2) is 0 Å². The SMILES string of the molecule is C=C1CCN(C(=O)c2cc(OC)c(O[Si](C(C)C)(C(C)C)C(C)C)cc2[N+](=O)[O-])[C@H](CO)C1. The van der Waals surface area contributed by atoms with Gasteiger partial charge >= 0.3 is 0 Å². The summed E-state index contributed by atoms with van der Waals surface area (Å²) in [6.45, 7) is 16.8. The van der Waals surface area contributed by atoms with Crippen molar-refractivity contribution in [1.82, 2.24) is 4.90 Å². The summed E-state index contributed by atoms with van der Waals surface area (Å²) in [5.41, 5.74) is 1.33. The number of nitrogens with zero attached hydrogens (tertiary/aromatic N) is 2. The third-order valence-electron chi connectivity index (χ3n) is 6.85. The normalized spacial score (nSPS) is 17.1. The van der Waals surface area contributed by atoms with Crippen molar-refractivity contribution in [1.29, 1.82) is 0 Å². The number of ether oxygens (including phenoxy) is 1. The number of aliphatic hydroxyl groups is 1. The Kier molecular flexibility index (Phi) is 8.70. The number of piperidine rings is 1. The Morgan fingerprint density at radius 3 is 2.24 bits per heavy atom. The minimum Gasteiger partial charge on any atom is -0.540 e. The van der Waals surface area contributed by atoms with Crippen LogP contribution in [0.15, 0.2) is 24.3 Å². The predicted octanol–water partition coefficient (Wildman–Crippen LogP) is 5.31. The molecule has 1 aromatic rings. The van der Waals surface area contributed by atoms with E-state index in [2.05, 4.69) is 48.1 Å². The lowest BCUT2D eigenvalue weighted by Crippen LogP contribution is -2.50. The zero-order valence-corrected chi connectivity index (χ0v) is 21.9. The predicted molar refractivity (Wildman–Crippen MR) is 132 cm³/mol. The Balaban J connectivity index is 2.60. The van der Waals surface area contributed by atoms with E-state index in [1.807, 2.05) is 0 Å². The molecular weight excluding hydrogens is 440 g/mol. The molecule has 1 saturated heterocycles. The van der Waals surface area contributed by atoms with E-state index in [0.717, 1.165) is 5.57 Å². The van der Waals surface area contributed by atoms with Crippen LogP contribution in [0.25, 0.3) is 0 Å². The van der Waals surface area contributed by atoms with Gasteiger partial charge in [-0.3, -0.25) is 14.9 Å². The lowest BCUT2D eigenvalue weighted by molar-refractivity contribution is -0.385. The summed E-state index contributed by atoms with van der Waals surface area (Å²) >= 11 is 0. The number of carbonyl (C=O) groups excluding carboxylic acids is 1. The summed E-state index contributed by atoms with van der Waals surface area (Å²) in [7, 11) is -0.950. The molecule has 33 heavy (non-hydrogen) atoms. The highest BCUT2D eigenvalue weighted by Gasteiger charge is 2.48. The van der Waals surface area contributed by atoms with Crippen LogP contribution in [-0.2, 0) is 0 Å². The van der Waals surface area contributed by atoms with Gasteiger partial charge in [0.2, 0.25) is 0 Å². The molecule has 1 heterocycles. The van der Waals surface area contributed by atoms with E-state index in [1.54, 1.807) is 0 Å². The van der Waals surface area contributed by atoms with Crippen molar-refractivity contribution in [2.45, 2.75) is 77.0 Å². The number of methoxy groups -OCH3 is 1. The van der Waals surface area contributed by atoms with Crippen LogP contribution in [0.5, 0.6) is 11.5 Å². The first-order valence-electron chi connectivity index (χ1n) is 11.5. The third-order valence-corrected chi connectivity index (χ3v) is 12.8. The molecule has 8 nitrogen and oxygen atoms in total. The Morgan fingerprint density at radius 1 is 1.21 bits per heavy atom. The largest absolute Gasteiger partial charge is 0.540 e. The van der Waals surface area contributed by atoms with Crippen LogP contribution in [0.4, 0.5) is 5.69 Å². The topological polar surface area (TPSA) is 102 Å². The van der Waals surface area contributed by atoms with Crippen molar-refractivity contribution in [3.63, 3.8) is 0 Å². The molecule has 0 spiro atoms. The fraction of sp³-hybridized carbons (Fsp3) is 0.625. The summed E-state index contributed by atoms with van der Waals surface area (Å²) in [5, 5.41) is 21.8. The number of benzene rings is 1. The number of hydrogen-bond acceptors (Lipinski definition) is 6. The van der Waals surface area contributed by atoms with E-state index in [9.17, 15) is 20.0 Å². The van der Waals surface area contributed by atoms with Gasteiger partial charge in [0.05, 0.1) is 30.7 Å². The Hall–Kier alpha value is -2.39. The van der Waals surface area contributed by atoms with Gasteiger partial charge in [-0.2, -0.15) is 0 Å². The molecule has 0 aromatic heterocycles. The average molecular weight is 479 g/mol. The lowest BCUT2D eigenvalue weighted by atomic mass is 9.97. The highest BCUT2D eigenvalue weighted by Crippen LogP contribution is 2.46. The number of rotatable bonds is 9. The van der Waals surface area contributed by atoms with Gasteiger partial charge in [-0.1, -0.05) is 53.7 Å². The van der Waals surface area contributed by atoms with Crippen molar-refractivity contribution < 1.29 is 24.0 Å². The second-order valence-electron chi connectivity index (χ2n) is 9.74. The quantitative estimate of drug-likeness (QED) is 0.223. The fourth-order valence-electron chi connectivity index (χ4n) is 5.25. The maximum absolute atomic E-state index is 13.4. The van der Waals surface area contributed by atoms with E-state index in [0.29, 0.717) is 30.9 Å². The molecule has 0 aliphatic carbocycles. The second-order valence-corrected chi connectivity index (χ2v) is 15.1. The molecule has 9 heteroatoms. The van der Waals surface area contributed by atoms with Gasteiger partial charge in [0.25, 0.3) is 19.9 Å². The van der Waals surface area contributed by atoms with Crippen molar-refractivity contribution in [2.75, 3.05) is 20.3 Å². The molecule has 1 atom stereocenters. The molecule has 0 unspecified atom stereocenters. The van der Waals surface area contributed by atoms with Gasteiger partial charge in [0.1, 0.15) is 5.56 Å². The molecule has 2 rings (SSSR count). The van der Waals surface area contributed by atoms with Crippen LogP contribution >= 0.6 is 0 Å². The number of hydrogen-bond donors (Lipinski definition) is 1. The van der Waals surface area contributed by atoms with Crippen LogP contribution < -0.4 is 9.16 Å². The molecule has 1 N–H and O–H groups in total. The third kappa shape index (κ3) is 5.24. The van der Waals surface area contributed by atoms with Crippen LogP contribution in [0.1, 0.15) is 64.7 Å². The Labute approximate surface area is 197 Å². The van der Waals surface area contributed by atoms with E-state index in [4.69, 9.17) is 9.16 Å². The first kappa shape index (κ1) is 26.9. The maximum atomic E-state index is 13.4. The minimum absolute atomic E-state index is 0.0685. The van der Waals surface area contributed by atoms with Gasteiger partial charge in [-0.05, 0) is 29.5 Å². The summed E-state index contributed by atoms with van der Waals surface area (Å²) in [6, 6.07) is 2.29. The Morgan fingerprint density at radius 2 is 1.79 bits per heavy atom. The van der Waals surface area contributed by atoms with Crippen LogP contribution in [0.3, 0.4) is 0 Å². The lowest BCUT2D eigenvalue weighted by Gasteiger charge is -2.42. The number of carbonyl (C=O) groups is 1. The molecule has 1 amide bonds. The molecule has 184 valence electrons. The van der Waals surface area contributed by atoms with Crippen molar-refractivity contribution in [2.24, 2.45) is 0 Å². The van der Waals surface area contributed by atoms with Gasteiger partial charge in [0.15, 0.2) is 11.5 Å². The molecule has 1 aliphatic rings. The number of nitro benzene ring substituents is 1. The second kappa shape index (κ2) is 10.7. The molecule has 0 radical (unpaired) electrons. The van der Waals surface area contributed by atoms with E-state index >= 15 is 0 Å². The summed E-state index contributed by atoms with van der Waals surface area (Å²) < 4.78 is 12.2. The molecule has 0 bridgehead atoms. The number of aliphatic hydroxyl groups excluding tert-OH is 1. The number of amides is 1. The zero-order chi connectivity index (χ0) is 25.1. The molecule has 1 fully saturated rings.